The van der Waals surface area contributed by atoms with E-state index in [1.807, 2.05) is 31.2 Å². The Bertz CT molecular complexity index is 1210. The SMILES string of the molecule is COCCOC(=O)C1=C(C)N=C2SCCCN2C1c1cccc(NC(=O)c2cc(OC)cc(OC)c2)c1. The minimum absolute atomic E-state index is 0.157. The lowest BCUT2D eigenvalue weighted by Crippen LogP contribution is -2.42. The van der Waals surface area contributed by atoms with Gasteiger partial charge in [0.15, 0.2) is 5.17 Å². The molecule has 196 valence electrons. The Kier molecular flexibility index (Phi) is 8.73. The van der Waals surface area contributed by atoms with Crippen molar-refractivity contribution in [3.05, 3.63) is 64.9 Å². The van der Waals surface area contributed by atoms with E-state index in [2.05, 4.69) is 10.2 Å². The van der Waals surface area contributed by atoms with Crippen LogP contribution in [-0.4, -0.2) is 68.8 Å². The zero-order valence-electron chi connectivity index (χ0n) is 21.4. The van der Waals surface area contributed by atoms with Crippen LogP contribution in [0.1, 0.15) is 35.3 Å². The lowest BCUT2D eigenvalue weighted by Gasteiger charge is -2.40. The third-order valence-electron chi connectivity index (χ3n) is 6.07. The lowest BCUT2D eigenvalue weighted by atomic mass is 9.94. The van der Waals surface area contributed by atoms with Crippen LogP contribution in [0.15, 0.2) is 58.7 Å². The average molecular weight is 526 g/mol. The Morgan fingerprint density at radius 2 is 1.84 bits per heavy atom. The van der Waals surface area contributed by atoms with Gasteiger partial charge in [-0.25, -0.2) is 9.79 Å². The van der Waals surface area contributed by atoms with Crippen LogP contribution < -0.4 is 14.8 Å². The summed E-state index contributed by atoms with van der Waals surface area (Å²) in [6.07, 6.45) is 0.972. The smallest absolute Gasteiger partial charge is 0.338 e. The molecule has 9 nitrogen and oxygen atoms in total. The van der Waals surface area contributed by atoms with Crippen molar-refractivity contribution in [3.8, 4) is 11.5 Å². The van der Waals surface area contributed by atoms with Gasteiger partial charge >= 0.3 is 5.97 Å². The maximum absolute atomic E-state index is 13.2. The number of thioether (sulfide) groups is 1. The fourth-order valence-corrected chi connectivity index (χ4v) is 5.32. The van der Waals surface area contributed by atoms with E-state index in [0.717, 1.165) is 29.4 Å². The number of nitrogens with one attached hydrogen (secondary N) is 1. The van der Waals surface area contributed by atoms with Gasteiger partial charge in [0.2, 0.25) is 0 Å². The summed E-state index contributed by atoms with van der Waals surface area (Å²) in [7, 11) is 4.63. The molecule has 1 N–H and O–H groups in total. The van der Waals surface area contributed by atoms with E-state index in [4.69, 9.17) is 23.9 Å². The topological polar surface area (TPSA) is 98.7 Å². The number of allylic oxidation sites excluding steroid dienone is 1. The number of amidine groups is 1. The van der Waals surface area contributed by atoms with Crippen LogP contribution in [0.3, 0.4) is 0 Å². The van der Waals surface area contributed by atoms with Crippen molar-refractivity contribution in [2.24, 2.45) is 4.99 Å². The fourth-order valence-electron chi connectivity index (χ4n) is 4.30. The number of rotatable bonds is 9. The number of fused-ring (bicyclic) bond motifs is 1. The average Bonchev–Trinajstić information content (AvgIpc) is 2.92. The number of esters is 1. The van der Waals surface area contributed by atoms with Crippen molar-refractivity contribution in [1.29, 1.82) is 0 Å². The normalized spacial score (nSPS) is 17.0. The molecule has 0 spiro atoms. The van der Waals surface area contributed by atoms with E-state index in [0.29, 0.717) is 40.6 Å². The first-order chi connectivity index (χ1) is 17.9. The van der Waals surface area contributed by atoms with Gasteiger partial charge in [-0.05, 0) is 43.2 Å². The molecule has 2 aromatic carbocycles. The van der Waals surface area contributed by atoms with E-state index in [-0.39, 0.29) is 18.6 Å². The minimum Gasteiger partial charge on any atom is -0.497 e. The summed E-state index contributed by atoms with van der Waals surface area (Å²) in [5.74, 6) is 1.29. The molecule has 1 saturated heterocycles. The lowest BCUT2D eigenvalue weighted by molar-refractivity contribution is -0.141. The van der Waals surface area contributed by atoms with Gasteiger partial charge in [0.1, 0.15) is 18.1 Å². The number of carbonyl (C=O) groups is 2. The van der Waals surface area contributed by atoms with Crippen LogP contribution in [0.25, 0.3) is 0 Å². The van der Waals surface area contributed by atoms with Gasteiger partial charge in [0.05, 0.1) is 38.1 Å². The number of nitrogens with zero attached hydrogens (tertiary/aromatic N) is 2. The van der Waals surface area contributed by atoms with E-state index in [9.17, 15) is 9.59 Å². The monoisotopic (exact) mass is 525 g/mol. The molecule has 0 saturated carbocycles. The van der Waals surface area contributed by atoms with Crippen LogP contribution in [0.4, 0.5) is 5.69 Å². The van der Waals surface area contributed by atoms with Crippen molar-refractivity contribution in [2.75, 3.05) is 52.2 Å². The molecule has 0 radical (unpaired) electrons. The summed E-state index contributed by atoms with van der Waals surface area (Å²) in [5, 5.41) is 3.85. The van der Waals surface area contributed by atoms with Gasteiger partial charge in [-0.3, -0.25) is 4.79 Å². The van der Waals surface area contributed by atoms with Gasteiger partial charge in [0.25, 0.3) is 5.91 Å². The third-order valence-corrected chi connectivity index (χ3v) is 7.15. The minimum atomic E-state index is -0.421. The Labute approximate surface area is 220 Å². The van der Waals surface area contributed by atoms with Gasteiger partial charge in [-0.1, -0.05) is 23.9 Å². The van der Waals surface area contributed by atoms with Crippen molar-refractivity contribution in [2.45, 2.75) is 19.4 Å². The number of carbonyl (C=O) groups excluding carboxylic acids is 2. The Morgan fingerprint density at radius 1 is 1.08 bits per heavy atom. The molecule has 2 aromatic rings. The first kappa shape index (κ1) is 26.6. The highest BCUT2D eigenvalue weighted by atomic mass is 32.2. The van der Waals surface area contributed by atoms with Crippen LogP contribution in [-0.2, 0) is 14.3 Å². The molecule has 10 heteroatoms. The molecule has 2 aliphatic heterocycles. The molecule has 2 aliphatic rings. The van der Waals surface area contributed by atoms with Crippen LogP contribution in [0, 0.1) is 0 Å². The molecule has 0 bridgehead atoms. The summed E-state index contributed by atoms with van der Waals surface area (Å²) in [6.45, 7) is 3.07. The summed E-state index contributed by atoms with van der Waals surface area (Å²) in [6, 6.07) is 12.1. The molecular formula is C27H31N3O6S. The molecule has 0 aromatic heterocycles. The maximum atomic E-state index is 13.2. The summed E-state index contributed by atoms with van der Waals surface area (Å²) < 4.78 is 21.1. The quantitative estimate of drug-likeness (QED) is 0.383. The molecule has 2 heterocycles. The van der Waals surface area contributed by atoms with E-state index < -0.39 is 5.97 Å². The number of amides is 1. The summed E-state index contributed by atoms with van der Waals surface area (Å²) >= 11 is 1.68. The maximum Gasteiger partial charge on any atom is 0.338 e. The predicted octanol–water partition coefficient (Wildman–Crippen LogP) is 4.27. The second kappa shape index (κ2) is 12.2. The number of methoxy groups -OCH3 is 3. The number of hydrogen-bond acceptors (Lipinski definition) is 9. The van der Waals surface area contributed by atoms with Crippen LogP contribution in [0.5, 0.6) is 11.5 Å². The van der Waals surface area contributed by atoms with Gasteiger partial charge in [-0.2, -0.15) is 0 Å². The number of aliphatic imine (C=N–C) groups is 1. The van der Waals surface area contributed by atoms with E-state index in [1.54, 1.807) is 37.1 Å². The largest absolute Gasteiger partial charge is 0.497 e. The second-order valence-electron chi connectivity index (χ2n) is 8.50. The van der Waals surface area contributed by atoms with E-state index in [1.165, 1.54) is 14.2 Å². The molecule has 0 aliphatic carbocycles. The van der Waals surface area contributed by atoms with Crippen molar-refractivity contribution in [3.63, 3.8) is 0 Å². The Balaban J connectivity index is 1.65. The molecule has 1 amide bonds. The molecule has 37 heavy (non-hydrogen) atoms. The Hall–Kier alpha value is -3.50. The first-order valence-corrected chi connectivity index (χ1v) is 12.9. The van der Waals surface area contributed by atoms with Crippen molar-refractivity contribution < 1.29 is 28.5 Å². The highest BCUT2D eigenvalue weighted by Crippen LogP contribution is 2.40. The van der Waals surface area contributed by atoms with Crippen LogP contribution >= 0.6 is 11.8 Å². The van der Waals surface area contributed by atoms with E-state index >= 15 is 0 Å². The van der Waals surface area contributed by atoms with Gasteiger partial charge in [0, 0.05) is 36.7 Å². The number of benzene rings is 2. The second-order valence-corrected chi connectivity index (χ2v) is 9.56. The predicted molar refractivity (Wildman–Crippen MR) is 143 cm³/mol. The highest BCUT2D eigenvalue weighted by Gasteiger charge is 2.38. The molecule has 4 rings (SSSR count). The zero-order valence-corrected chi connectivity index (χ0v) is 22.2. The number of hydrogen-bond donors (Lipinski definition) is 1. The molecule has 1 unspecified atom stereocenters. The zero-order chi connectivity index (χ0) is 26.4. The number of ether oxygens (including phenoxy) is 4. The number of anilines is 1. The molecule has 1 fully saturated rings. The first-order valence-electron chi connectivity index (χ1n) is 11.9. The summed E-state index contributed by atoms with van der Waals surface area (Å²) in [4.78, 5) is 33.1. The van der Waals surface area contributed by atoms with Crippen molar-refractivity contribution in [1.82, 2.24) is 4.90 Å². The van der Waals surface area contributed by atoms with Gasteiger partial charge < -0.3 is 29.2 Å². The Morgan fingerprint density at radius 3 is 2.54 bits per heavy atom. The van der Waals surface area contributed by atoms with Crippen LogP contribution in [0.2, 0.25) is 0 Å². The fraction of sp³-hybridized carbons (Fsp3) is 0.370. The summed E-state index contributed by atoms with van der Waals surface area (Å²) in [5.41, 5.74) is 2.98. The van der Waals surface area contributed by atoms with Crippen molar-refractivity contribution >= 4 is 34.5 Å². The molecule has 1 atom stereocenters. The molecular weight excluding hydrogens is 494 g/mol. The highest BCUT2D eigenvalue weighted by molar-refractivity contribution is 8.13. The standard InChI is InChI=1S/C27H31N3O6S/c1-17-23(26(32)36-11-10-33-2)24(30-9-6-12-37-27(30)28-17)18-7-5-8-20(13-18)29-25(31)19-14-21(34-3)16-22(15-19)35-4/h5,7-8,13-16,24H,6,9-12H2,1-4H3,(H,29,31). The van der Waals surface area contributed by atoms with Gasteiger partial charge in [-0.15, -0.1) is 0 Å². The third kappa shape index (κ3) is 6.08.